The second kappa shape index (κ2) is 4.34. The van der Waals surface area contributed by atoms with Crippen LogP contribution in [-0.2, 0) is 0 Å². The Morgan fingerprint density at radius 3 is 2.56 bits per heavy atom. The predicted octanol–water partition coefficient (Wildman–Crippen LogP) is 3.97. The van der Waals surface area contributed by atoms with Gasteiger partial charge in [0.25, 0.3) is 0 Å². The molecule has 0 spiro atoms. The van der Waals surface area contributed by atoms with Gasteiger partial charge in [-0.25, -0.2) is 0 Å². The second-order valence-corrected chi connectivity index (χ2v) is 5.62. The van der Waals surface area contributed by atoms with E-state index in [0.717, 1.165) is 11.3 Å². The lowest BCUT2D eigenvalue weighted by Crippen LogP contribution is -2.15. The molecule has 0 fully saturated rings. The predicted molar refractivity (Wildman–Crippen MR) is 75.7 cm³/mol. The summed E-state index contributed by atoms with van der Waals surface area (Å²) in [4.78, 5) is 4.70. The Bertz CT molecular complexity index is 595. The minimum atomic E-state index is -0.425. The summed E-state index contributed by atoms with van der Waals surface area (Å²) in [5.41, 5.74) is 3.34. The summed E-state index contributed by atoms with van der Waals surface area (Å²) in [5, 5.41) is 9.68. The van der Waals surface area contributed by atoms with Gasteiger partial charge in [-0.3, -0.25) is 0 Å². The number of fused-ring (bicyclic) bond motifs is 2. The number of para-hydroxylation sites is 1. The van der Waals surface area contributed by atoms with Gasteiger partial charge in [-0.1, -0.05) is 30.0 Å². The summed E-state index contributed by atoms with van der Waals surface area (Å²) in [7, 11) is 2.07. The Morgan fingerprint density at radius 1 is 1.06 bits per heavy atom. The van der Waals surface area contributed by atoms with E-state index in [9.17, 15) is 5.11 Å². The van der Waals surface area contributed by atoms with E-state index in [2.05, 4.69) is 48.3 Å². The van der Waals surface area contributed by atoms with Gasteiger partial charge < -0.3 is 10.0 Å². The Labute approximate surface area is 111 Å². The van der Waals surface area contributed by atoms with Crippen molar-refractivity contribution in [3.63, 3.8) is 0 Å². The van der Waals surface area contributed by atoms with Crippen LogP contribution < -0.4 is 4.90 Å². The van der Waals surface area contributed by atoms with E-state index in [-0.39, 0.29) is 0 Å². The lowest BCUT2D eigenvalue weighted by molar-refractivity contribution is 0.199. The number of rotatable bonds is 1. The fraction of sp³-hybridized carbons (Fsp3) is 0.200. The molecular formula is C15H15NOS. The molecule has 92 valence electrons. The number of hydrogen-bond donors (Lipinski definition) is 1. The molecule has 1 unspecified atom stereocenters. The first-order valence-electron chi connectivity index (χ1n) is 5.99. The maximum absolute atomic E-state index is 9.68. The van der Waals surface area contributed by atoms with Crippen LogP contribution in [0.1, 0.15) is 18.6 Å². The first-order chi connectivity index (χ1) is 8.66. The highest BCUT2D eigenvalue weighted by atomic mass is 32.2. The first kappa shape index (κ1) is 11.6. The maximum Gasteiger partial charge on any atom is 0.0762 e. The van der Waals surface area contributed by atoms with Crippen molar-refractivity contribution >= 4 is 23.1 Å². The molecule has 0 saturated carbocycles. The summed E-state index contributed by atoms with van der Waals surface area (Å²) >= 11 is 1.78. The minimum absolute atomic E-state index is 0.425. The molecular weight excluding hydrogens is 242 g/mol. The van der Waals surface area contributed by atoms with E-state index in [0.29, 0.717) is 0 Å². The molecule has 1 aliphatic rings. The molecule has 0 amide bonds. The van der Waals surface area contributed by atoms with Crippen LogP contribution in [0.5, 0.6) is 0 Å². The number of benzene rings is 2. The number of hydrogen-bond acceptors (Lipinski definition) is 3. The zero-order valence-corrected chi connectivity index (χ0v) is 11.2. The fourth-order valence-corrected chi connectivity index (χ4v) is 3.34. The molecule has 1 aliphatic heterocycles. The van der Waals surface area contributed by atoms with E-state index >= 15 is 0 Å². The highest BCUT2D eigenvalue weighted by Crippen LogP contribution is 2.47. The van der Waals surface area contributed by atoms with Crippen LogP contribution in [0.25, 0.3) is 0 Å². The summed E-state index contributed by atoms with van der Waals surface area (Å²) in [5.74, 6) is 0. The SMILES string of the molecule is CC(O)c1ccc2c(c1)N(C)c1ccccc1S2. The number of anilines is 2. The highest BCUT2D eigenvalue weighted by molar-refractivity contribution is 7.99. The van der Waals surface area contributed by atoms with Gasteiger partial charge in [-0.15, -0.1) is 0 Å². The molecule has 0 aliphatic carbocycles. The van der Waals surface area contributed by atoms with Gasteiger partial charge in [0, 0.05) is 16.8 Å². The Morgan fingerprint density at radius 2 is 1.78 bits per heavy atom. The average molecular weight is 257 g/mol. The van der Waals surface area contributed by atoms with Crippen molar-refractivity contribution < 1.29 is 5.11 Å². The molecule has 1 N–H and O–H groups in total. The summed E-state index contributed by atoms with van der Waals surface area (Å²) in [6, 6.07) is 14.5. The summed E-state index contributed by atoms with van der Waals surface area (Å²) < 4.78 is 0. The molecule has 2 nitrogen and oxygen atoms in total. The largest absolute Gasteiger partial charge is 0.389 e. The second-order valence-electron chi connectivity index (χ2n) is 4.53. The van der Waals surface area contributed by atoms with Crippen molar-refractivity contribution in [2.24, 2.45) is 0 Å². The monoisotopic (exact) mass is 257 g/mol. The van der Waals surface area contributed by atoms with Crippen LogP contribution in [0.4, 0.5) is 11.4 Å². The molecule has 0 aromatic heterocycles. The maximum atomic E-state index is 9.68. The van der Waals surface area contributed by atoms with Crippen LogP contribution in [0.2, 0.25) is 0 Å². The van der Waals surface area contributed by atoms with Crippen molar-refractivity contribution in [1.82, 2.24) is 0 Å². The third-order valence-corrected chi connectivity index (χ3v) is 4.40. The zero-order chi connectivity index (χ0) is 12.7. The molecule has 2 aromatic carbocycles. The fourth-order valence-electron chi connectivity index (χ4n) is 2.21. The Balaban J connectivity index is 2.11. The van der Waals surface area contributed by atoms with Crippen molar-refractivity contribution in [1.29, 1.82) is 0 Å². The molecule has 18 heavy (non-hydrogen) atoms. The van der Waals surface area contributed by atoms with Crippen LogP contribution in [0, 0.1) is 0 Å². The van der Waals surface area contributed by atoms with E-state index in [1.54, 1.807) is 18.7 Å². The van der Waals surface area contributed by atoms with E-state index < -0.39 is 6.10 Å². The molecule has 1 heterocycles. The third kappa shape index (κ3) is 1.80. The number of nitrogens with zero attached hydrogens (tertiary/aromatic N) is 1. The van der Waals surface area contributed by atoms with Gasteiger partial charge >= 0.3 is 0 Å². The van der Waals surface area contributed by atoms with E-state index in [1.165, 1.54) is 15.5 Å². The quantitative estimate of drug-likeness (QED) is 0.836. The van der Waals surface area contributed by atoms with Gasteiger partial charge in [-0.05, 0) is 36.8 Å². The van der Waals surface area contributed by atoms with Gasteiger partial charge in [0.15, 0.2) is 0 Å². The van der Waals surface area contributed by atoms with Crippen molar-refractivity contribution in [3.05, 3.63) is 48.0 Å². The highest BCUT2D eigenvalue weighted by Gasteiger charge is 2.20. The molecule has 3 heteroatoms. The van der Waals surface area contributed by atoms with Crippen molar-refractivity contribution in [3.8, 4) is 0 Å². The Kier molecular flexibility index (Phi) is 2.80. The minimum Gasteiger partial charge on any atom is -0.389 e. The van der Waals surface area contributed by atoms with E-state index in [1.807, 2.05) is 6.07 Å². The lowest BCUT2D eigenvalue weighted by atomic mass is 10.1. The lowest BCUT2D eigenvalue weighted by Gasteiger charge is -2.30. The molecule has 1 atom stereocenters. The van der Waals surface area contributed by atoms with Gasteiger partial charge in [0.2, 0.25) is 0 Å². The van der Waals surface area contributed by atoms with Crippen LogP contribution in [0.3, 0.4) is 0 Å². The van der Waals surface area contributed by atoms with Crippen LogP contribution in [-0.4, -0.2) is 12.2 Å². The van der Waals surface area contributed by atoms with Crippen molar-refractivity contribution in [2.75, 3.05) is 11.9 Å². The molecule has 0 saturated heterocycles. The standard InChI is InChI=1S/C15H15NOS/c1-10(17)11-7-8-15-13(9-11)16(2)12-5-3-4-6-14(12)18-15/h3-10,17H,1-2H3. The van der Waals surface area contributed by atoms with Gasteiger partial charge in [-0.2, -0.15) is 0 Å². The number of aliphatic hydroxyl groups excluding tert-OH is 1. The topological polar surface area (TPSA) is 23.5 Å². The van der Waals surface area contributed by atoms with E-state index in [4.69, 9.17) is 0 Å². The molecule has 0 bridgehead atoms. The Hall–Kier alpha value is -1.45. The third-order valence-electron chi connectivity index (χ3n) is 3.27. The number of aliphatic hydroxyl groups is 1. The van der Waals surface area contributed by atoms with Crippen molar-refractivity contribution in [2.45, 2.75) is 22.8 Å². The van der Waals surface area contributed by atoms with Crippen LogP contribution in [0.15, 0.2) is 52.3 Å². The molecule has 0 radical (unpaired) electrons. The van der Waals surface area contributed by atoms with Gasteiger partial charge in [0.1, 0.15) is 0 Å². The molecule has 2 aromatic rings. The summed E-state index contributed by atoms with van der Waals surface area (Å²) in [6.45, 7) is 1.80. The van der Waals surface area contributed by atoms with Gasteiger partial charge in [0.05, 0.1) is 17.5 Å². The normalized spacial score (nSPS) is 14.9. The first-order valence-corrected chi connectivity index (χ1v) is 6.81. The molecule has 3 rings (SSSR count). The summed E-state index contributed by atoms with van der Waals surface area (Å²) in [6.07, 6.45) is -0.425. The van der Waals surface area contributed by atoms with Crippen LogP contribution >= 0.6 is 11.8 Å². The zero-order valence-electron chi connectivity index (χ0n) is 10.4. The smallest absolute Gasteiger partial charge is 0.0762 e. The average Bonchev–Trinajstić information content (AvgIpc) is 2.38.